The van der Waals surface area contributed by atoms with Crippen LogP contribution < -0.4 is 4.74 Å². The van der Waals surface area contributed by atoms with Crippen LogP contribution in [-0.4, -0.2) is 48.9 Å². The highest BCUT2D eigenvalue weighted by Crippen LogP contribution is 2.29. The van der Waals surface area contributed by atoms with Crippen molar-refractivity contribution in [3.63, 3.8) is 0 Å². The topological polar surface area (TPSA) is 92.4 Å². The number of Topliss-reactive ketones (excluding diaryl/α,β-unsaturated/α-hetero) is 1. The summed E-state index contributed by atoms with van der Waals surface area (Å²) in [5.41, 5.74) is 1.57. The molecular formula is C22H25N3O4S. The first-order chi connectivity index (χ1) is 14.3. The van der Waals surface area contributed by atoms with E-state index in [2.05, 4.69) is 10.2 Å². The summed E-state index contributed by atoms with van der Waals surface area (Å²) in [6, 6.07) is 11.3. The number of sulfonamides is 1. The maximum atomic E-state index is 13.2. The molecule has 0 bridgehead atoms. The number of carbonyl (C=O) groups is 1. The van der Waals surface area contributed by atoms with E-state index in [1.807, 2.05) is 36.4 Å². The molecule has 4 rings (SSSR count). The van der Waals surface area contributed by atoms with Crippen molar-refractivity contribution in [3.8, 4) is 5.75 Å². The number of nitrogens with one attached hydrogen (secondary N) is 1. The van der Waals surface area contributed by atoms with Gasteiger partial charge in [0.25, 0.3) is 0 Å². The average molecular weight is 428 g/mol. The highest BCUT2D eigenvalue weighted by molar-refractivity contribution is 7.89. The average Bonchev–Trinajstić information content (AvgIpc) is 3.11. The van der Waals surface area contributed by atoms with Crippen molar-refractivity contribution >= 4 is 26.6 Å². The van der Waals surface area contributed by atoms with E-state index in [1.54, 1.807) is 21.0 Å². The van der Waals surface area contributed by atoms with Crippen molar-refractivity contribution in [2.24, 2.45) is 5.92 Å². The fourth-order valence-corrected chi connectivity index (χ4v) is 6.02. The summed E-state index contributed by atoms with van der Waals surface area (Å²) in [6.45, 7) is 3.97. The Bertz CT molecular complexity index is 1200. The predicted molar refractivity (Wildman–Crippen MR) is 114 cm³/mol. The van der Waals surface area contributed by atoms with Crippen molar-refractivity contribution in [3.05, 3.63) is 53.3 Å². The van der Waals surface area contributed by atoms with Crippen molar-refractivity contribution in [2.75, 3.05) is 20.2 Å². The van der Waals surface area contributed by atoms with Gasteiger partial charge in [0.2, 0.25) is 10.0 Å². The lowest BCUT2D eigenvalue weighted by Crippen LogP contribution is -2.42. The minimum absolute atomic E-state index is 0.0201. The summed E-state index contributed by atoms with van der Waals surface area (Å²) < 4.78 is 33.0. The molecule has 1 fully saturated rings. The van der Waals surface area contributed by atoms with Gasteiger partial charge in [-0.15, -0.1) is 0 Å². The number of hydrogen-bond donors (Lipinski definition) is 1. The molecule has 1 aliphatic rings. The normalized spacial score (nSPS) is 17.9. The zero-order valence-electron chi connectivity index (χ0n) is 17.3. The number of piperidine rings is 1. The van der Waals surface area contributed by atoms with Crippen LogP contribution in [-0.2, 0) is 10.0 Å². The predicted octanol–water partition coefficient (Wildman–Crippen LogP) is 3.47. The van der Waals surface area contributed by atoms with E-state index < -0.39 is 10.0 Å². The minimum Gasteiger partial charge on any atom is -0.497 e. The molecule has 7 nitrogen and oxygen atoms in total. The lowest BCUT2D eigenvalue weighted by molar-refractivity contribution is 0.0872. The third-order valence-electron chi connectivity index (χ3n) is 5.75. The number of aromatic nitrogens is 2. The molecule has 1 saturated heterocycles. The maximum absolute atomic E-state index is 13.2. The van der Waals surface area contributed by atoms with Crippen LogP contribution in [0.3, 0.4) is 0 Å². The molecule has 0 amide bonds. The number of fused-ring (bicyclic) bond motifs is 1. The number of hydrogen-bond acceptors (Lipinski definition) is 5. The smallest absolute Gasteiger partial charge is 0.246 e. The molecule has 0 spiro atoms. The standard InChI is InChI=1S/C22H25N3O4S/c1-14-22(15(2)24-23-14)30(27,28)25-10-4-5-19(13-25)21(26)18-7-6-17-12-20(29-3)9-8-16(17)11-18/h6-9,11-12,19H,4-5,10,13H2,1-3H3,(H,23,24)/t19-/m0/s1. The molecule has 1 N–H and O–H groups in total. The second kappa shape index (κ2) is 7.85. The summed E-state index contributed by atoms with van der Waals surface area (Å²) in [7, 11) is -2.08. The van der Waals surface area contributed by atoms with Crippen LogP contribution in [0.1, 0.15) is 34.6 Å². The van der Waals surface area contributed by atoms with E-state index in [9.17, 15) is 13.2 Å². The summed E-state index contributed by atoms with van der Waals surface area (Å²) in [5.74, 6) is 0.379. The second-order valence-corrected chi connectivity index (χ2v) is 9.63. The first kappa shape index (κ1) is 20.6. The van der Waals surface area contributed by atoms with E-state index >= 15 is 0 Å². The minimum atomic E-state index is -3.70. The van der Waals surface area contributed by atoms with Crippen molar-refractivity contribution < 1.29 is 17.9 Å². The fourth-order valence-electron chi connectivity index (χ4n) is 4.16. The number of rotatable bonds is 5. The third-order valence-corrected chi connectivity index (χ3v) is 7.87. The molecular weight excluding hydrogens is 402 g/mol. The van der Waals surface area contributed by atoms with Crippen LogP contribution in [0.2, 0.25) is 0 Å². The molecule has 2 aromatic carbocycles. The third kappa shape index (κ3) is 3.61. The highest BCUT2D eigenvalue weighted by Gasteiger charge is 2.36. The molecule has 0 unspecified atom stereocenters. The largest absolute Gasteiger partial charge is 0.497 e. The Labute approximate surface area is 176 Å². The number of aromatic amines is 1. The van der Waals surface area contributed by atoms with Gasteiger partial charge in [0.05, 0.1) is 18.5 Å². The molecule has 0 saturated carbocycles. The number of ether oxygens (including phenoxy) is 1. The number of benzene rings is 2. The van der Waals surface area contributed by atoms with Crippen LogP contribution in [0, 0.1) is 19.8 Å². The monoisotopic (exact) mass is 427 g/mol. The van der Waals surface area contributed by atoms with Gasteiger partial charge >= 0.3 is 0 Å². The fraction of sp³-hybridized carbons (Fsp3) is 0.364. The Morgan fingerprint density at radius 2 is 1.90 bits per heavy atom. The number of ketones is 1. The van der Waals surface area contributed by atoms with Crippen molar-refractivity contribution in [2.45, 2.75) is 31.6 Å². The van der Waals surface area contributed by atoms with Gasteiger partial charge in [0, 0.05) is 24.6 Å². The molecule has 0 radical (unpaired) electrons. The number of H-pyrrole nitrogens is 1. The van der Waals surface area contributed by atoms with Crippen LogP contribution in [0.15, 0.2) is 41.3 Å². The van der Waals surface area contributed by atoms with Gasteiger partial charge in [0.15, 0.2) is 5.78 Å². The quantitative estimate of drug-likeness (QED) is 0.630. The summed E-state index contributed by atoms with van der Waals surface area (Å²) in [6.07, 6.45) is 1.32. The van der Waals surface area contributed by atoms with E-state index in [1.165, 1.54) is 4.31 Å². The zero-order valence-corrected chi connectivity index (χ0v) is 18.1. The Kier molecular flexibility index (Phi) is 5.38. The van der Waals surface area contributed by atoms with Gasteiger partial charge < -0.3 is 4.74 Å². The van der Waals surface area contributed by atoms with E-state index in [-0.39, 0.29) is 23.1 Å². The molecule has 8 heteroatoms. The van der Waals surface area contributed by atoms with Crippen LogP contribution in [0.25, 0.3) is 10.8 Å². The van der Waals surface area contributed by atoms with Gasteiger partial charge in [-0.1, -0.05) is 18.2 Å². The summed E-state index contributed by atoms with van der Waals surface area (Å²) in [5, 5.41) is 8.69. The van der Waals surface area contributed by atoms with Crippen LogP contribution in [0.5, 0.6) is 5.75 Å². The Hall–Kier alpha value is -2.71. The lowest BCUT2D eigenvalue weighted by Gasteiger charge is -2.31. The highest BCUT2D eigenvalue weighted by atomic mass is 32.2. The molecule has 158 valence electrons. The zero-order chi connectivity index (χ0) is 21.5. The number of aryl methyl sites for hydroxylation is 2. The number of nitrogens with zero attached hydrogens (tertiary/aromatic N) is 2. The van der Waals surface area contributed by atoms with Gasteiger partial charge in [-0.2, -0.15) is 9.40 Å². The van der Waals surface area contributed by atoms with E-state index in [0.29, 0.717) is 36.3 Å². The van der Waals surface area contributed by atoms with Crippen LogP contribution in [0.4, 0.5) is 0 Å². The molecule has 0 aliphatic carbocycles. The number of carbonyl (C=O) groups excluding carboxylic acids is 1. The number of methoxy groups -OCH3 is 1. The summed E-state index contributed by atoms with van der Waals surface area (Å²) >= 11 is 0. The molecule has 3 aromatic rings. The Morgan fingerprint density at radius 3 is 2.60 bits per heavy atom. The SMILES string of the molecule is COc1ccc2cc(C(=O)[C@H]3CCCN(S(=O)(=O)c4c(C)n[nH]c4C)C3)ccc2c1. The van der Waals surface area contributed by atoms with Gasteiger partial charge in [-0.25, -0.2) is 8.42 Å². The van der Waals surface area contributed by atoms with Gasteiger partial charge in [-0.05, 0) is 55.7 Å². The van der Waals surface area contributed by atoms with Gasteiger partial charge in [0.1, 0.15) is 10.6 Å². The second-order valence-electron chi connectivity index (χ2n) is 7.76. The molecule has 2 heterocycles. The molecule has 1 aromatic heterocycles. The molecule has 1 atom stereocenters. The lowest BCUT2D eigenvalue weighted by atomic mass is 9.90. The first-order valence-corrected chi connectivity index (χ1v) is 11.4. The maximum Gasteiger partial charge on any atom is 0.246 e. The summed E-state index contributed by atoms with van der Waals surface area (Å²) in [4.78, 5) is 13.4. The molecule has 1 aliphatic heterocycles. The van der Waals surface area contributed by atoms with Crippen LogP contribution >= 0.6 is 0 Å². The molecule has 30 heavy (non-hydrogen) atoms. The van der Waals surface area contributed by atoms with Crippen molar-refractivity contribution in [1.82, 2.24) is 14.5 Å². The Morgan fingerprint density at radius 1 is 1.17 bits per heavy atom. The Balaban J connectivity index is 1.59. The van der Waals surface area contributed by atoms with E-state index in [4.69, 9.17) is 4.74 Å². The van der Waals surface area contributed by atoms with E-state index in [0.717, 1.165) is 16.5 Å². The van der Waals surface area contributed by atoms with Crippen molar-refractivity contribution in [1.29, 1.82) is 0 Å². The first-order valence-electron chi connectivity index (χ1n) is 9.95. The van der Waals surface area contributed by atoms with Gasteiger partial charge in [-0.3, -0.25) is 9.89 Å².